The molecule has 2 N–H and O–H groups in total. The Morgan fingerprint density at radius 3 is 2.88 bits per heavy atom. The number of carbonyl (C=O) groups is 1. The molecule has 1 atom stereocenters. The lowest BCUT2D eigenvalue weighted by atomic mass is 9.62. The predicted octanol–water partition coefficient (Wildman–Crippen LogP) is 3.43. The number of rotatable bonds is 1. The maximum atomic E-state index is 11.0. The van der Waals surface area contributed by atoms with E-state index in [0.29, 0.717) is 12.7 Å². The van der Waals surface area contributed by atoms with Gasteiger partial charge in [-0.2, -0.15) is 0 Å². The Bertz CT molecular complexity index is 743. The van der Waals surface area contributed by atoms with Crippen molar-refractivity contribution in [3.63, 3.8) is 0 Å². The maximum Gasteiger partial charge on any atom is 0.412 e. The molecule has 25 heavy (non-hydrogen) atoms. The first-order valence-corrected chi connectivity index (χ1v) is 9.32. The molecule has 0 radical (unpaired) electrons. The molecule has 1 amide bonds. The molecular weight excluding hydrogens is 388 g/mol. The van der Waals surface area contributed by atoms with Gasteiger partial charge < -0.3 is 14.6 Å². The maximum absolute atomic E-state index is 11.0. The Balaban J connectivity index is 1.78. The lowest BCUT2D eigenvalue weighted by molar-refractivity contribution is -0.00989. The SMILES string of the molecule is CO[C@H]1CC[C@]2(CC1)Cc1ccc(Br)cc1C21COC(NC(=O)O)=N1. The minimum absolute atomic E-state index is 0.0485. The molecule has 2 aliphatic carbocycles. The molecule has 1 fully saturated rings. The molecule has 0 saturated heterocycles. The zero-order valence-electron chi connectivity index (χ0n) is 14.0. The third kappa shape index (κ3) is 2.56. The van der Waals surface area contributed by atoms with Crippen molar-refractivity contribution in [2.75, 3.05) is 13.7 Å². The number of hydrogen-bond donors (Lipinski definition) is 2. The van der Waals surface area contributed by atoms with Crippen molar-refractivity contribution in [1.29, 1.82) is 0 Å². The fourth-order valence-corrected chi connectivity index (χ4v) is 5.19. The van der Waals surface area contributed by atoms with Crippen molar-refractivity contribution >= 4 is 28.0 Å². The first-order chi connectivity index (χ1) is 12.0. The second-order valence-electron chi connectivity index (χ2n) is 7.19. The number of methoxy groups -OCH3 is 1. The van der Waals surface area contributed by atoms with Crippen molar-refractivity contribution in [1.82, 2.24) is 5.32 Å². The van der Waals surface area contributed by atoms with Crippen LogP contribution in [0.25, 0.3) is 0 Å². The molecule has 4 rings (SSSR count). The number of halogens is 1. The summed E-state index contributed by atoms with van der Waals surface area (Å²) in [5.41, 5.74) is 1.86. The van der Waals surface area contributed by atoms with Gasteiger partial charge in [-0.15, -0.1) is 0 Å². The first-order valence-electron chi connectivity index (χ1n) is 8.52. The van der Waals surface area contributed by atoms with Crippen molar-refractivity contribution in [3.05, 3.63) is 33.8 Å². The summed E-state index contributed by atoms with van der Waals surface area (Å²) in [5, 5.41) is 11.3. The third-order valence-corrected chi connectivity index (χ3v) is 6.56. The van der Waals surface area contributed by atoms with Crippen LogP contribution in [-0.2, 0) is 21.4 Å². The highest BCUT2D eigenvalue weighted by Crippen LogP contribution is 2.61. The van der Waals surface area contributed by atoms with E-state index in [0.717, 1.165) is 42.1 Å². The van der Waals surface area contributed by atoms with Crippen LogP contribution in [0.5, 0.6) is 0 Å². The lowest BCUT2D eigenvalue weighted by Gasteiger charge is -2.45. The molecule has 0 bridgehead atoms. The van der Waals surface area contributed by atoms with Gasteiger partial charge in [0.1, 0.15) is 12.1 Å². The largest absolute Gasteiger partial charge is 0.465 e. The average molecular weight is 409 g/mol. The van der Waals surface area contributed by atoms with Gasteiger partial charge in [0.05, 0.1) is 6.10 Å². The lowest BCUT2D eigenvalue weighted by Crippen LogP contribution is -2.46. The summed E-state index contributed by atoms with van der Waals surface area (Å²) in [7, 11) is 1.77. The summed E-state index contributed by atoms with van der Waals surface area (Å²) >= 11 is 3.56. The summed E-state index contributed by atoms with van der Waals surface area (Å²) in [4.78, 5) is 15.8. The molecule has 134 valence electrons. The Morgan fingerprint density at radius 2 is 2.20 bits per heavy atom. The summed E-state index contributed by atoms with van der Waals surface area (Å²) in [6, 6.07) is 6.43. The van der Waals surface area contributed by atoms with Crippen LogP contribution in [0.2, 0.25) is 0 Å². The summed E-state index contributed by atoms with van der Waals surface area (Å²) in [6.45, 7) is 0.379. The minimum Gasteiger partial charge on any atom is -0.465 e. The van der Waals surface area contributed by atoms with Gasteiger partial charge in [0.15, 0.2) is 0 Å². The summed E-state index contributed by atoms with van der Waals surface area (Å²) in [6.07, 6.45) is 4.05. The minimum atomic E-state index is -1.15. The van der Waals surface area contributed by atoms with Crippen molar-refractivity contribution < 1.29 is 19.4 Å². The van der Waals surface area contributed by atoms with Crippen LogP contribution in [0.1, 0.15) is 36.8 Å². The van der Waals surface area contributed by atoms with Crippen molar-refractivity contribution in [3.8, 4) is 0 Å². The van der Waals surface area contributed by atoms with E-state index in [9.17, 15) is 4.79 Å². The molecule has 3 aliphatic rings. The Hall–Kier alpha value is -1.60. The highest BCUT2D eigenvalue weighted by molar-refractivity contribution is 9.10. The van der Waals surface area contributed by atoms with Gasteiger partial charge in [0, 0.05) is 17.0 Å². The molecule has 1 aromatic carbocycles. The number of fused-ring (bicyclic) bond motifs is 3. The van der Waals surface area contributed by atoms with E-state index in [2.05, 4.69) is 39.4 Å². The van der Waals surface area contributed by atoms with E-state index >= 15 is 0 Å². The van der Waals surface area contributed by atoms with Crippen LogP contribution in [0.15, 0.2) is 27.7 Å². The summed E-state index contributed by atoms with van der Waals surface area (Å²) < 4.78 is 12.2. The molecule has 1 aliphatic heterocycles. The second kappa shape index (κ2) is 5.99. The van der Waals surface area contributed by atoms with E-state index in [1.54, 1.807) is 7.11 Å². The molecule has 1 heterocycles. The number of amidine groups is 1. The molecule has 1 unspecified atom stereocenters. The van der Waals surface area contributed by atoms with Gasteiger partial charge in [-0.3, -0.25) is 0 Å². The average Bonchev–Trinajstić information content (AvgIpc) is 3.11. The standard InChI is InChI=1S/C18H21BrN2O4/c1-24-13-4-6-17(7-5-13)9-11-2-3-12(19)8-14(11)18(17)10-25-15(21-18)20-16(22)23/h2-3,8,13H,4-7,9-10H2,1H3,(H,20,21)(H,22,23)/t13-,17-,18?. The predicted molar refractivity (Wildman–Crippen MR) is 95.8 cm³/mol. The van der Waals surface area contributed by atoms with Crippen LogP contribution in [0.3, 0.4) is 0 Å². The van der Waals surface area contributed by atoms with E-state index in [1.165, 1.54) is 5.56 Å². The van der Waals surface area contributed by atoms with Crippen LogP contribution in [0, 0.1) is 5.41 Å². The number of aliphatic imine (C=N–C) groups is 1. The number of nitrogens with one attached hydrogen (secondary N) is 1. The van der Waals surface area contributed by atoms with E-state index in [1.807, 2.05) is 0 Å². The van der Waals surface area contributed by atoms with Crippen LogP contribution in [0.4, 0.5) is 4.79 Å². The molecule has 7 heteroatoms. The van der Waals surface area contributed by atoms with Crippen LogP contribution in [-0.4, -0.2) is 37.0 Å². The van der Waals surface area contributed by atoms with Gasteiger partial charge >= 0.3 is 6.09 Å². The van der Waals surface area contributed by atoms with E-state index < -0.39 is 11.6 Å². The highest BCUT2D eigenvalue weighted by atomic mass is 79.9. The van der Waals surface area contributed by atoms with Crippen LogP contribution < -0.4 is 5.32 Å². The topological polar surface area (TPSA) is 80.2 Å². The number of ether oxygens (including phenoxy) is 2. The number of hydrogen-bond acceptors (Lipinski definition) is 4. The van der Waals surface area contributed by atoms with Gasteiger partial charge in [-0.1, -0.05) is 22.0 Å². The van der Waals surface area contributed by atoms with E-state index in [4.69, 9.17) is 19.6 Å². The van der Waals surface area contributed by atoms with Gasteiger partial charge in [0.25, 0.3) is 6.02 Å². The smallest absolute Gasteiger partial charge is 0.412 e. The second-order valence-corrected chi connectivity index (χ2v) is 8.11. The Labute approximate surface area is 154 Å². The highest BCUT2D eigenvalue weighted by Gasteiger charge is 2.61. The Kier molecular flexibility index (Phi) is 4.03. The number of nitrogens with zero attached hydrogens (tertiary/aromatic N) is 1. The monoisotopic (exact) mass is 408 g/mol. The molecule has 1 saturated carbocycles. The molecule has 2 spiro atoms. The number of carboxylic acid groups (broad SMARTS) is 1. The molecule has 6 nitrogen and oxygen atoms in total. The van der Waals surface area contributed by atoms with Gasteiger partial charge in [0.2, 0.25) is 0 Å². The molecule has 0 aromatic heterocycles. The molecular formula is C18H21BrN2O4. The van der Waals surface area contributed by atoms with E-state index in [-0.39, 0.29) is 11.4 Å². The normalized spacial score (nSPS) is 33.2. The molecule has 1 aromatic rings. The van der Waals surface area contributed by atoms with Gasteiger partial charge in [-0.05, 0) is 55.4 Å². The summed E-state index contributed by atoms with van der Waals surface area (Å²) in [5.74, 6) is 0. The van der Waals surface area contributed by atoms with Crippen molar-refractivity contribution in [2.45, 2.75) is 43.7 Å². The zero-order valence-corrected chi connectivity index (χ0v) is 15.6. The first kappa shape index (κ1) is 16.8. The Morgan fingerprint density at radius 1 is 1.44 bits per heavy atom. The number of amides is 1. The number of benzene rings is 1. The fourth-order valence-electron chi connectivity index (χ4n) is 4.83. The van der Waals surface area contributed by atoms with Crippen molar-refractivity contribution in [2.24, 2.45) is 10.4 Å². The van der Waals surface area contributed by atoms with Gasteiger partial charge in [-0.25, -0.2) is 15.1 Å². The third-order valence-electron chi connectivity index (χ3n) is 6.07. The fraction of sp³-hybridized carbons (Fsp3) is 0.556. The zero-order chi connectivity index (χ0) is 17.7. The quantitative estimate of drug-likeness (QED) is 0.745. The van der Waals surface area contributed by atoms with Crippen LogP contribution >= 0.6 is 15.9 Å².